The molecule has 1 saturated carbocycles. The molecule has 0 unspecified atom stereocenters. The fraction of sp³-hybridized carbons (Fsp3) is 0.474. The van der Waals surface area contributed by atoms with Crippen molar-refractivity contribution in [1.82, 2.24) is 9.78 Å². The van der Waals surface area contributed by atoms with Gasteiger partial charge in [0.25, 0.3) is 0 Å². The summed E-state index contributed by atoms with van der Waals surface area (Å²) in [6.45, 7) is 1.49. The number of aryl methyl sites for hydroxylation is 1. The Morgan fingerprint density at radius 2 is 2.12 bits per heavy atom. The van der Waals surface area contributed by atoms with Crippen LogP contribution < -0.4 is 16.0 Å². The second kappa shape index (κ2) is 6.93. The Morgan fingerprint density at radius 1 is 1.35 bits per heavy atom. The Bertz CT molecular complexity index is 825. The molecule has 7 heteroatoms. The normalized spacial score (nSPS) is 22.2. The number of nitrogens with zero attached hydrogens (tertiary/aromatic N) is 3. The first-order valence-corrected chi connectivity index (χ1v) is 9.62. The molecule has 0 bridgehead atoms. The number of nitrogens with one attached hydrogen (secondary N) is 1. The lowest BCUT2D eigenvalue weighted by atomic mass is 9.81. The second-order valence-corrected chi connectivity index (χ2v) is 7.80. The zero-order valence-electron chi connectivity index (χ0n) is 15.0. The van der Waals surface area contributed by atoms with Crippen LogP contribution in [0.1, 0.15) is 31.2 Å². The van der Waals surface area contributed by atoms with Crippen molar-refractivity contribution in [1.29, 1.82) is 0 Å². The minimum atomic E-state index is 0.0829. The molecule has 26 heavy (non-hydrogen) atoms. The Hall–Kier alpha value is -2.05. The Labute approximate surface area is 158 Å². The van der Waals surface area contributed by atoms with Gasteiger partial charge in [-0.1, -0.05) is 11.6 Å². The van der Waals surface area contributed by atoms with Gasteiger partial charge in [-0.05, 0) is 43.9 Å². The lowest BCUT2D eigenvalue weighted by molar-refractivity contribution is -0.380. The Kier molecular flexibility index (Phi) is 4.63. The highest BCUT2D eigenvalue weighted by molar-refractivity contribution is 6.31. The van der Waals surface area contributed by atoms with Crippen LogP contribution in [0, 0.1) is 11.8 Å². The molecule has 1 fully saturated rings. The highest BCUT2D eigenvalue weighted by Crippen LogP contribution is 2.39. The molecule has 1 aliphatic heterocycles. The smallest absolute Gasteiger partial charge is 0.230 e. The number of carbonyl (C=O) groups excluding carboxylic acids is 1. The van der Waals surface area contributed by atoms with Crippen molar-refractivity contribution in [2.45, 2.75) is 32.2 Å². The lowest BCUT2D eigenvalue weighted by Gasteiger charge is -2.31. The van der Waals surface area contributed by atoms with E-state index in [1.807, 2.05) is 36.3 Å². The summed E-state index contributed by atoms with van der Waals surface area (Å²) < 4.78 is 1.80. The number of benzene rings is 1. The third kappa shape index (κ3) is 3.08. The molecule has 6 nitrogen and oxygen atoms in total. The van der Waals surface area contributed by atoms with E-state index in [-0.39, 0.29) is 11.8 Å². The maximum atomic E-state index is 13.4. The van der Waals surface area contributed by atoms with Crippen molar-refractivity contribution in [3.8, 4) is 0 Å². The standard InChI is InChI=1S/C19H24ClN5O/c1-24-18-14(10-22-24)11-25(17-7-6-15(20)8-16(17)23-18)19(26)13-4-2-12(9-21)3-5-13/h6-8,10,12-13,23H,2-5,9,11,21H2,1H3/p+1. The SMILES string of the molecule is Cn1ncc2c1Nc1cc(Cl)ccc1N(C(=O)C1CCC(C[NH3+])CC1)C2. The first-order valence-electron chi connectivity index (χ1n) is 9.25. The van der Waals surface area contributed by atoms with Crippen LogP contribution in [0.5, 0.6) is 0 Å². The van der Waals surface area contributed by atoms with E-state index in [1.165, 1.54) is 0 Å². The van der Waals surface area contributed by atoms with E-state index in [0.717, 1.165) is 55.0 Å². The van der Waals surface area contributed by atoms with Crippen LogP contribution in [0.3, 0.4) is 0 Å². The van der Waals surface area contributed by atoms with Gasteiger partial charge in [-0.25, -0.2) is 0 Å². The van der Waals surface area contributed by atoms with Crippen molar-refractivity contribution in [3.05, 3.63) is 35.0 Å². The molecule has 0 spiro atoms. The van der Waals surface area contributed by atoms with Gasteiger partial charge in [-0.2, -0.15) is 5.10 Å². The lowest BCUT2D eigenvalue weighted by Crippen LogP contribution is -2.54. The van der Waals surface area contributed by atoms with Crippen molar-refractivity contribution >= 4 is 34.7 Å². The average molecular weight is 375 g/mol. The van der Waals surface area contributed by atoms with Gasteiger partial charge in [0, 0.05) is 29.5 Å². The molecule has 1 aromatic heterocycles. The first-order chi connectivity index (χ1) is 12.6. The monoisotopic (exact) mass is 374 g/mol. The van der Waals surface area contributed by atoms with Crippen molar-refractivity contribution in [2.24, 2.45) is 18.9 Å². The third-order valence-electron chi connectivity index (χ3n) is 5.72. The molecule has 1 aliphatic carbocycles. The number of amides is 1. The molecular weight excluding hydrogens is 350 g/mol. The summed E-state index contributed by atoms with van der Waals surface area (Å²) >= 11 is 6.21. The number of rotatable bonds is 2. The van der Waals surface area contributed by atoms with E-state index in [9.17, 15) is 4.79 Å². The highest BCUT2D eigenvalue weighted by atomic mass is 35.5. The summed E-state index contributed by atoms with van der Waals surface area (Å²) in [4.78, 5) is 15.3. The fourth-order valence-corrected chi connectivity index (χ4v) is 4.27. The highest BCUT2D eigenvalue weighted by Gasteiger charge is 2.33. The molecule has 2 aromatic rings. The molecule has 4 rings (SSSR count). The molecule has 4 N–H and O–H groups in total. The molecule has 2 aliphatic rings. The molecule has 138 valence electrons. The number of fused-ring (bicyclic) bond motifs is 2. The van der Waals surface area contributed by atoms with Crippen molar-refractivity contribution in [3.63, 3.8) is 0 Å². The summed E-state index contributed by atoms with van der Waals surface area (Å²) in [6, 6.07) is 5.65. The molecular formula is C19H25ClN5O+. The van der Waals surface area contributed by atoms with Crippen molar-refractivity contribution < 1.29 is 10.5 Å². The van der Waals surface area contributed by atoms with Gasteiger partial charge in [0.2, 0.25) is 5.91 Å². The Morgan fingerprint density at radius 3 is 2.85 bits per heavy atom. The van der Waals surface area contributed by atoms with E-state index in [2.05, 4.69) is 16.1 Å². The first kappa shape index (κ1) is 17.4. The molecule has 0 saturated heterocycles. The zero-order chi connectivity index (χ0) is 18.3. The van der Waals surface area contributed by atoms with Crippen LogP contribution in [-0.2, 0) is 18.4 Å². The predicted octanol–water partition coefficient (Wildman–Crippen LogP) is 2.71. The van der Waals surface area contributed by atoms with E-state index >= 15 is 0 Å². The van der Waals surface area contributed by atoms with Gasteiger partial charge >= 0.3 is 0 Å². The number of hydrogen-bond acceptors (Lipinski definition) is 3. The number of aromatic nitrogens is 2. The maximum absolute atomic E-state index is 13.4. The van der Waals surface area contributed by atoms with Gasteiger partial charge in [-0.3, -0.25) is 9.48 Å². The summed E-state index contributed by atoms with van der Waals surface area (Å²) in [5.41, 5.74) is 6.77. The zero-order valence-corrected chi connectivity index (χ0v) is 15.8. The topological polar surface area (TPSA) is 77.8 Å². The second-order valence-electron chi connectivity index (χ2n) is 7.36. The molecule has 2 heterocycles. The van der Waals surface area contributed by atoms with E-state index in [0.29, 0.717) is 17.5 Å². The average Bonchev–Trinajstić information content (AvgIpc) is 2.90. The van der Waals surface area contributed by atoms with Gasteiger partial charge in [0.1, 0.15) is 5.82 Å². The van der Waals surface area contributed by atoms with Crippen LogP contribution in [0.25, 0.3) is 0 Å². The molecule has 0 atom stereocenters. The molecule has 1 amide bonds. The van der Waals surface area contributed by atoms with Gasteiger partial charge < -0.3 is 16.0 Å². The van der Waals surface area contributed by atoms with Crippen molar-refractivity contribution in [2.75, 3.05) is 16.8 Å². The van der Waals surface area contributed by atoms with Gasteiger partial charge in [-0.15, -0.1) is 0 Å². The summed E-state index contributed by atoms with van der Waals surface area (Å²) in [5, 5.41) is 8.39. The maximum Gasteiger partial charge on any atom is 0.230 e. The number of quaternary nitrogens is 1. The van der Waals surface area contributed by atoms with E-state index in [1.54, 1.807) is 4.68 Å². The number of anilines is 3. The number of halogens is 1. The van der Waals surface area contributed by atoms with Gasteiger partial charge in [0.05, 0.1) is 30.7 Å². The van der Waals surface area contributed by atoms with E-state index in [4.69, 9.17) is 11.6 Å². The summed E-state index contributed by atoms with van der Waals surface area (Å²) in [7, 11) is 1.90. The van der Waals surface area contributed by atoms with Crippen LogP contribution >= 0.6 is 11.6 Å². The third-order valence-corrected chi connectivity index (χ3v) is 5.95. The quantitative estimate of drug-likeness (QED) is 0.848. The fourth-order valence-electron chi connectivity index (χ4n) is 4.10. The van der Waals surface area contributed by atoms with E-state index < -0.39 is 0 Å². The number of hydrogen-bond donors (Lipinski definition) is 2. The summed E-state index contributed by atoms with van der Waals surface area (Å²) in [6.07, 6.45) is 5.92. The minimum absolute atomic E-state index is 0.0829. The van der Waals surface area contributed by atoms with Crippen LogP contribution in [0.15, 0.2) is 24.4 Å². The van der Waals surface area contributed by atoms with Crippen LogP contribution in [0.4, 0.5) is 17.2 Å². The summed E-state index contributed by atoms with van der Waals surface area (Å²) in [5.74, 6) is 1.86. The van der Waals surface area contributed by atoms with Crippen LogP contribution in [0.2, 0.25) is 5.02 Å². The molecule has 1 aromatic carbocycles. The minimum Gasteiger partial charge on any atom is -0.357 e. The Balaban J connectivity index is 1.68. The molecule has 0 radical (unpaired) electrons. The van der Waals surface area contributed by atoms with Gasteiger partial charge in [0.15, 0.2) is 0 Å². The predicted molar refractivity (Wildman–Crippen MR) is 102 cm³/mol. The number of carbonyl (C=O) groups is 1. The largest absolute Gasteiger partial charge is 0.357 e. The van der Waals surface area contributed by atoms with Crippen LogP contribution in [-0.4, -0.2) is 22.2 Å².